The van der Waals surface area contributed by atoms with Crippen molar-refractivity contribution in [3.05, 3.63) is 51.9 Å². The van der Waals surface area contributed by atoms with Crippen LogP contribution >= 0.6 is 22.6 Å². The smallest absolute Gasteiger partial charge is 0.412 e. The van der Waals surface area contributed by atoms with E-state index in [0.29, 0.717) is 29.3 Å². The SMILES string of the molecule is CC(=O)Oc1cc(I)cc2c(NCc3cccc(NC(=O)OC(C)(C)C)c3)ncnc12. The maximum Gasteiger partial charge on any atom is 0.412 e. The van der Waals surface area contributed by atoms with E-state index in [1.54, 1.807) is 12.1 Å². The third-order valence-corrected chi connectivity index (χ3v) is 4.58. The summed E-state index contributed by atoms with van der Waals surface area (Å²) in [6.45, 7) is 7.25. The molecule has 0 fully saturated rings. The van der Waals surface area contributed by atoms with E-state index in [2.05, 4.69) is 43.2 Å². The number of aromatic nitrogens is 2. The fourth-order valence-electron chi connectivity index (χ4n) is 2.84. The van der Waals surface area contributed by atoms with Crippen LogP contribution in [0.25, 0.3) is 10.9 Å². The lowest BCUT2D eigenvalue weighted by atomic mass is 10.2. The molecule has 0 aliphatic rings. The van der Waals surface area contributed by atoms with Crippen LogP contribution in [-0.2, 0) is 16.1 Å². The fraction of sp³-hybridized carbons (Fsp3) is 0.273. The normalized spacial score (nSPS) is 11.1. The molecule has 0 atom stereocenters. The molecular weight excluding hydrogens is 511 g/mol. The Bertz CT molecular complexity index is 1130. The predicted octanol–water partition coefficient (Wildman–Crippen LogP) is 5.12. The van der Waals surface area contributed by atoms with Gasteiger partial charge in [0, 0.05) is 28.1 Å². The molecule has 1 amide bonds. The van der Waals surface area contributed by atoms with E-state index in [-0.39, 0.29) is 0 Å². The van der Waals surface area contributed by atoms with Crippen molar-refractivity contribution in [1.82, 2.24) is 9.97 Å². The summed E-state index contributed by atoms with van der Waals surface area (Å²) >= 11 is 2.15. The van der Waals surface area contributed by atoms with Gasteiger partial charge in [-0.2, -0.15) is 0 Å². The zero-order chi connectivity index (χ0) is 22.6. The van der Waals surface area contributed by atoms with Crippen LogP contribution in [0.4, 0.5) is 16.3 Å². The highest BCUT2D eigenvalue weighted by atomic mass is 127. The Hall–Kier alpha value is -2.95. The molecule has 0 unspecified atom stereocenters. The van der Waals surface area contributed by atoms with Gasteiger partial charge in [0.25, 0.3) is 0 Å². The molecule has 0 bridgehead atoms. The summed E-state index contributed by atoms with van der Waals surface area (Å²) < 4.78 is 11.5. The monoisotopic (exact) mass is 534 g/mol. The Balaban J connectivity index is 1.78. The van der Waals surface area contributed by atoms with Crippen LogP contribution in [0.1, 0.15) is 33.3 Å². The summed E-state index contributed by atoms with van der Waals surface area (Å²) in [4.78, 5) is 32.0. The number of nitrogens with one attached hydrogen (secondary N) is 2. The quantitative estimate of drug-likeness (QED) is 0.266. The number of rotatable bonds is 5. The highest BCUT2D eigenvalue weighted by molar-refractivity contribution is 14.1. The number of hydrogen-bond donors (Lipinski definition) is 2. The van der Waals surface area contributed by atoms with Crippen molar-refractivity contribution in [3.8, 4) is 5.75 Å². The van der Waals surface area contributed by atoms with E-state index in [1.165, 1.54) is 13.3 Å². The summed E-state index contributed by atoms with van der Waals surface area (Å²) in [6, 6.07) is 11.1. The van der Waals surface area contributed by atoms with Crippen LogP contribution in [0.15, 0.2) is 42.7 Å². The molecule has 162 valence electrons. The van der Waals surface area contributed by atoms with Crippen LogP contribution in [0.3, 0.4) is 0 Å². The second-order valence-electron chi connectivity index (χ2n) is 7.80. The lowest BCUT2D eigenvalue weighted by Crippen LogP contribution is -2.27. The fourth-order valence-corrected chi connectivity index (χ4v) is 3.44. The zero-order valence-corrected chi connectivity index (χ0v) is 19.8. The molecule has 3 rings (SSSR count). The molecule has 1 aromatic heterocycles. The first-order valence-corrected chi connectivity index (χ1v) is 10.6. The minimum Gasteiger partial charge on any atom is -0.444 e. The minimum absolute atomic E-state index is 0.392. The molecule has 0 aliphatic heterocycles. The van der Waals surface area contributed by atoms with E-state index in [4.69, 9.17) is 9.47 Å². The second-order valence-corrected chi connectivity index (χ2v) is 9.04. The number of ether oxygens (including phenoxy) is 2. The van der Waals surface area contributed by atoms with Crippen molar-refractivity contribution < 1.29 is 19.1 Å². The van der Waals surface area contributed by atoms with Crippen molar-refractivity contribution in [2.75, 3.05) is 10.6 Å². The van der Waals surface area contributed by atoms with Crippen molar-refractivity contribution in [3.63, 3.8) is 0 Å². The van der Waals surface area contributed by atoms with Crippen LogP contribution in [0, 0.1) is 3.57 Å². The number of carbonyl (C=O) groups is 2. The van der Waals surface area contributed by atoms with Gasteiger partial charge in [0.1, 0.15) is 23.3 Å². The number of benzene rings is 2. The van der Waals surface area contributed by atoms with E-state index in [0.717, 1.165) is 14.5 Å². The highest BCUT2D eigenvalue weighted by Crippen LogP contribution is 2.30. The molecule has 9 heteroatoms. The summed E-state index contributed by atoms with van der Waals surface area (Å²) in [5, 5.41) is 6.77. The van der Waals surface area contributed by atoms with Crippen LogP contribution in [0.5, 0.6) is 5.75 Å². The number of hydrogen-bond acceptors (Lipinski definition) is 7. The topological polar surface area (TPSA) is 102 Å². The Morgan fingerprint density at radius 2 is 1.90 bits per heavy atom. The van der Waals surface area contributed by atoms with Crippen LogP contribution in [-0.4, -0.2) is 27.6 Å². The Labute approximate surface area is 193 Å². The summed E-state index contributed by atoms with van der Waals surface area (Å²) in [5.41, 5.74) is 1.55. The minimum atomic E-state index is -0.570. The number of nitrogens with zero attached hydrogens (tertiary/aromatic N) is 2. The van der Waals surface area contributed by atoms with Crippen LogP contribution in [0.2, 0.25) is 0 Å². The molecule has 0 saturated heterocycles. The van der Waals surface area contributed by atoms with Crippen molar-refractivity contribution in [1.29, 1.82) is 0 Å². The van der Waals surface area contributed by atoms with Gasteiger partial charge in [-0.25, -0.2) is 14.8 Å². The van der Waals surface area contributed by atoms with Gasteiger partial charge in [-0.15, -0.1) is 0 Å². The first kappa shape index (κ1) is 22.7. The molecule has 8 nitrogen and oxygen atoms in total. The number of amides is 1. The Morgan fingerprint density at radius 3 is 2.61 bits per heavy atom. The first-order valence-electron chi connectivity index (χ1n) is 9.56. The van der Waals surface area contributed by atoms with Crippen molar-refractivity contribution in [2.24, 2.45) is 0 Å². The molecule has 0 aliphatic carbocycles. The molecule has 2 N–H and O–H groups in total. The average Bonchev–Trinajstić information content (AvgIpc) is 2.64. The molecule has 0 radical (unpaired) electrons. The molecule has 0 spiro atoms. The van der Waals surface area contributed by atoms with Crippen molar-refractivity contribution in [2.45, 2.75) is 39.8 Å². The molecule has 3 aromatic rings. The van der Waals surface area contributed by atoms with Crippen LogP contribution < -0.4 is 15.4 Å². The van der Waals surface area contributed by atoms with E-state index in [9.17, 15) is 9.59 Å². The van der Waals surface area contributed by atoms with E-state index in [1.807, 2.05) is 45.0 Å². The Morgan fingerprint density at radius 1 is 1.13 bits per heavy atom. The van der Waals surface area contributed by atoms with Gasteiger partial charge in [0.05, 0.1) is 0 Å². The van der Waals surface area contributed by atoms with E-state index >= 15 is 0 Å². The van der Waals surface area contributed by atoms with Gasteiger partial charge in [-0.1, -0.05) is 12.1 Å². The molecule has 2 aromatic carbocycles. The Kier molecular flexibility index (Phi) is 6.94. The molecule has 0 saturated carbocycles. The summed E-state index contributed by atoms with van der Waals surface area (Å²) in [5.74, 6) is 0.594. The number of fused-ring (bicyclic) bond motifs is 1. The van der Waals surface area contributed by atoms with Gasteiger partial charge < -0.3 is 14.8 Å². The third-order valence-electron chi connectivity index (χ3n) is 3.95. The number of halogens is 1. The van der Waals surface area contributed by atoms with Gasteiger partial charge >= 0.3 is 12.1 Å². The second kappa shape index (κ2) is 9.46. The van der Waals surface area contributed by atoms with Crippen molar-refractivity contribution >= 4 is 57.1 Å². The number of anilines is 2. The first-order chi connectivity index (χ1) is 14.6. The molecule has 1 heterocycles. The molecule has 31 heavy (non-hydrogen) atoms. The maximum atomic E-state index is 12.0. The highest BCUT2D eigenvalue weighted by Gasteiger charge is 2.16. The average molecular weight is 534 g/mol. The van der Waals surface area contributed by atoms with Gasteiger partial charge in [-0.05, 0) is 73.2 Å². The lowest BCUT2D eigenvalue weighted by Gasteiger charge is -2.19. The lowest BCUT2D eigenvalue weighted by molar-refractivity contribution is -0.131. The van der Waals surface area contributed by atoms with Gasteiger partial charge in [0.15, 0.2) is 5.75 Å². The summed E-state index contributed by atoms with van der Waals surface area (Å²) in [7, 11) is 0. The number of esters is 1. The van der Waals surface area contributed by atoms with Gasteiger partial charge in [-0.3, -0.25) is 10.1 Å². The number of carbonyl (C=O) groups excluding carboxylic acids is 2. The molecular formula is C22H23IN4O4. The third kappa shape index (κ3) is 6.51. The maximum absolute atomic E-state index is 12.0. The summed E-state index contributed by atoms with van der Waals surface area (Å²) in [6.07, 6.45) is 0.914. The van der Waals surface area contributed by atoms with Gasteiger partial charge in [0.2, 0.25) is 0 Å². The van der Waals surface area contributed by atoms with E-state index < -0.39 is 17.7 Å². The zero-order valence-electron chi connectivity index (χ0n) is 17.7. The standard InChI is InChI=1S/C22H23IN4O4/c1-13(28)30-18-10-15(23)9-17-19(18)25-12-26-20(17)24-11-14-6-5-7-16(8-14)27-21(29)31-22(2,3)4/h5-10,12H,11H2,1-4H3,(H,27,29)(H,24,25,26). The predicted molar refractivity (Wildman–Crippen MR) is 127 cm³/mol. The largest absolute Gasteiger partial charge is 0.444 e.